The predicted molar refractivity (Wildman–Crippen MR) is 96.3 cm³/mol. The minimum atomic E-state index is -3.42. The lowest BCUT2D eigenvalue weighted by molar-refractivity contribution is -0.117. The van der Waals surface area contributed by atoms with E-state index in [-0.39, 0.29) is 18.9 Å². The summed E-state index contributed by atoms with van der Waals surface area (Å²) in [6, 6.07) is 4.74. The van der Waals surface area contributed by atoms with E-state index in [4.69, 9.17) is 16.3 Å². The highest BCUT2D eigenvalue weighted by Crippen LogP contribution is 2.23. The molecule has 1 aromatic carbocycles. The number of carbonyl (C=O) groups is 1. The van der Waals surface area contributed by atoms with E-state index in [2.05, 4.69) is 10.6 Å². The summed E-state index contributed by atoms with van der Waals surface area (Å²) in [6.45, 7) is 3.73. The number of amides is 1. The molecule has 2 aliphatic heterocycles. The summed E-state index contributed by atoms with van der Waals surface area (Å²) in [5.74, 6) is -0.250. The monoisotopic (exact) mass is 387 g/mol. The summed E-state index contributed by atoms with van der Waals surface area (Å²) in [4.78, 5) is 12.4. The van der Waals surface area contributed by atoms with Crippen LogP contribution in [-0.4, -0.2) is 62.8 Å². The molecule has 0 saturated carbocycles. The van der Waals surface area contributed by atoms with Crippen molar-refractivity contribution >= 4 is 33.2 Å². The summed E-state index contributed by atoms with van der Waals surface area (Å²) >= 11 is 6.06. The van der Waals surface area contributed by atoms with Crippen molar-refractivity contribution in [2.75, 3.05) is 38.2 Å². The number of hydrogen-bond acceptors (Lipinski definition) is 5. The third-order valence-corrected chi connectivity index (χ3v) is 7.29. The molecule has 9 heteroatoms. The van der Waals surface area contributed by atoms with E-state index in [1.54, 1.807) is 12.1 Å². The summed E-state index contributed by atoms with van der Waals surface area (Å²) in [6.07, 6.45) is 0.255. The van der Waals surface area contributed by atoms with E-state index in [1.807, 2.05) is 13.0 Å². The van der Waals surface area contributed by atoms with Crippen LogP contribution in [0.4, 0.5) is 5.69 Å². The van der Waals surface area contributed by atoms with Gasteiger partial charge in [0.15, 0.2) is 0 Å². The van der Waals surface area contributed by atoms with Crippen molar-refractivity contribution in [1.29, 1.82) is 0 Å². The predicted octanol–water partition coefficient (Wildman–Crippen LogP) is 0.979. The second-order valence-electron chi connectivity index (χ2n) is 6.33. The molecule has 2 heterocycles. The largest absolute Gasteiger partial charge is 0.379 e. The number of morpholine rings is 1. The highest BCUT2D eigenvalue weighted by molar-refractivity contribution is 7.89. The maximum Gasteiger partial charge on any atom is 0.241 e. The van der Waals surface area contributed by atoms with Crippen LogP contribution < -0.4 is 10.6 Å². The SMILES string of the molecule is Cc1ccc(NC(=O)C2CC(S(=O)(=O)N3CCOCC3)CN2)cc1Cl. The van der Waals surface area contributed by atoms with Gasteiger partial charge >= 0.3 is 0 Å². The van der Waals surface area contributed by atoms with Crippen LogP contribution in [0.5, 0.6) is 0 Å². The number of ether oxygens (including phenoxy) is 1. The Morgan fingerprint density at radius 3 is 2.76 bits per heavy atom. The zero-order valence-corrected chi connectivity index (χ0v) is 15.6. The van der Waals surface area contributed by atoms with Crippen LogP contribution in [0.3, 0.4) is 0 Å². The normalized spacial score (nSPS) is 25.0. The fraction of sp³-hybridized carbons (Fsp3) is 0.562. The molecule has 0 aromatic heterocycles. The van der Waals surface area contributed by atoms with Crippen LogP contribution in [0.1, 0.15) is 12.0 Å². The van der Waals surface area contributed by atoms with Gasteiger partial charge in [-0.2, -0.15) is 4.31 Å². The number of sulfonamides is 1. The zero-order chi connectivity index (χ0) is 18.0. The van der Waals surface area contributed by atoms with Gasteiger partial charge in [-0.15, -0.1) is 0 Å². The van der Waals surface area contributed by atoms with Crippen LogP contribution in [0, 0.1) is 6.92 Å². The third-order valence-electron chi connectivity index (χ3n) is 4.60. The van der Waals surface area contributed by atoms with Gasteiger partial charge in [0.05, 0.1) is 24.5 Å². The molecule has 2 saturated heterocycles. The van der Waals surface area contributed by atoms with Crippen LogP contribution in [0.2, 0.25) is 5.02 Å². The molecule has 7 nitrogen and oxygen atoms in total. The van der Waals surface area contributed by atoms with Gasteiger partial charge in [0.1, 0.15) is 0 Å². The highest BCUT2D eigenvalue weighted by atomic mass is 35.5. The minimum Gasteiger partial charge on any atom is -0.379 e. The molecular weight excluding hydrogens is 366 g/mol. The highest BCUT2D eigenvalue weighted by Gasteiger charge is 2.40. The first-order valence-electron chi connectivity index (χ1n) is 8.25. The standard InChI is InChI=1S/C16H22ClN3O4S/c1-11-2-3-12(8-14(11)17)19-16(21)15-9-13(10-18-15)25(22,23)20-4-6-24-7-5-20/h2-3,8,13,15,18H,4-7,9-10H2,1H3,(H,19,21). The number of anilines is 1. The quantitative estimate of drug-likeness (QED) is 0.804. The van der Waals surface area contributed by atoms with Crippen LogP contribution in [0.15, 0.2) is 18.2 Å². The summed E-state index contributed by atoms with van der Waals surface area (Å²) in [5, 5.41) is 5.78. The number of rotatable bonds is 4. The number of aryl methyl sites for hydroxylation is 1. The topological polar surface area (TPSA) is 87.7 Å². The fourth-order valence-corrected chi connectivity index (χ4v) is 5.04. The van der Waals surface area contributed by atoms with E-state index in [9.17, 15) is 13.2 Å². The number of benzene rings is 1. The second-order valence-corrected chi connectivity index (χ2v) is 8.95. The number of nitrogens with one attached hydrogen (secondary N) is 2. The van der Waals surface area contributed by atoms with E-state index in [0.717, 1.165) is 5.56 Å². The van der Waals surface area contributed by atoms with Crippen molar-refractivity contribution in [3.05, 3.63) is 28.8 Å². The maximum atomic E-state index is 12.7. The zero-order valence-electron chi connectivity index (χ0n) is 14.0. The Labute approximate surface area is 152 Å². The van der Waals surface area contributed by atoms with Crippen molar-refractivity contribution in [3.8, 4) is 0 Å². The molecule has 2 fully saturated rings. The van der Waals surface area contributed by atoms with Gasteiger partial charge in [-0.1, -0.05) is 17.7 Å². The van der Waals surface area contributed by atoms with Crippen LogP contribution >= 0.6 is 11.6 Å². The molecular formula is C16H22ClN3O4S. The van der Waals surface area contributed by atoms with Gasteiger partial charge < -0.3 is 15.4 Å². The molecule has 0 spiro atoms. The van der Waals surface area contributed by atoms with Gasteiger partial charge in [-0.25, -0.2) is 8.42 Å². The van der Waals surface area contributed by atoms with Crippen molar-refractivity contribution < 1.29 is 17.9 Å². The Morgan fingerprint density at radius 2 is 2.08 bits per heavy atom. The molecule has 0 aliphatic carbocycles. The number of halogens is 1. The molecule has 2 aliphatic rings. The molecule has 25 heavy (non-hydrogen) atoms. The number of nitrogens with zero attached hydrogens (tertiary/aromatic N) is 1. The van der Waals surface area contributed by atoms with Crippen LogP contribution in [0.25, 0.3) is 0 Å². The van der Waals surface area contributed by atoms with Crippen molar-refractivity contribution in [2.45, 2.75) is 24.6 Å². The van der Waals surface area contributed by atoms with Gasteiger partial charge in [0, 0.05) is 30.3 Å². The molecule has 0 bridgehead atoms. The lowest BCUT2D eigenvalue weighted by atomic mass is 10.2. The molecule has 2 N–H and O–H groups in total. The first-order valence-corrected chi connectivity index (χ1v) is 10.1. The van der Waals surface area contributed by atoms with Gasteiger partial charge in [-0.05, 0) is 31.0 Å². The molecule has 2 atom stereocenters. The van der Waals surface area contributed by atoms with E-state index < -0.39 is 21.3 Å². The fourth-order valence-electron chi connectivity index (χ4n) is 3.04. The van der Waals surface area contributed by atoms with E-state index >= 15 is 0 Å². The summed E-state index contributed by atoms with van der Waals surface area (Å²) in [5.41, 5.74) is 1.53. The lowest BCUT2D eigenvalue weighted by Gasteiger charge is -2.28. The first kappa shape index (κ1) is 18.6. The summed E-state index contributed by atoms with van der Waals surface area (Å²) in [7, 11) is -3.42. The van der Waals surface area contributed by atoms with Gasteiger partial charge in [-0.3, -0.25) is 4.79 Å². The van der Waals surface area contributed by atoms with E-state index in [0.29, 0.717) is 37.0 Å². The Morgan fingerprint density at radius 1 is 1.36 bits per heavy atom. The van der Waals surface area contributed by atoms with Crippen molar-refractivity contribution in [2.24, 2.45) is 0 Å². The minimum absolute atomic E-state index is 0.250. The Kier molecular flexibility index (Phi) is 5.65. The first-order chi connectivity index (χ1) is 11.9. The molecule has 138 valence electrons. The Bertz CT molecular complexity index is 750. The van der Waals surface area contributed by atoms with Gasteiger partial charge in [0.2, 0.25) is 15.9 Å². The van der Waals surface area contributed by atoms with Crippen LogP contribution in [-0.2, 0) is 19.6 Å². The maximum absolute atomic E-state index is 12.7. The molecule has 1 amide bonds. The average molecular weight is 388 g/mol. The molecule has 1 aromatic rings. The molecule has 2 unspecified atom stereocenters. The average Bonchev–Trinajstić information content (AvgIpc) is 3.10. The molecule has 3 rings (SSSR count). The number of hydrogen-bond donors (Lipinski definition) is 2. The van der Waals surface area contributed by atoms with Crippen molar-refractivity contribution in [3.63, 3.8) is 0 Å². The third kappa shape index (κ3) is 4.15. The van der Waals surface area contributed by atoms with Crippen molar-refractivity contribution in [1.82, 2.24) is 9.62 Å². The smallest absolute Gasteiger partial charge is 0.241 e. The Hall–Kier alpha value is -1.19. The van der Waals surface area contributed by atoms with E-state index in [1.165, 1.54) is 4.31 Å². The lowest BCUT2D eigenvalue weighted by Crippen LogP contribution is -2.45. The summed E-state index contributed by atoms with van der Waals surface area (Å²) < 4.78 is 32.0. The Balaban J connectivity index is 1.61. The second kappa shape index (κ2) is 7.59. The molecule has 0 radical (unpaired) electrons. The van der Waals surface area contributed by atoms with Gasteiger partial charge in [0.25, 0.3) is 0 Å². The number of carbonyl (C=O) groups excluding carboxylic acids is 1.